The van der Waals surface area contributed by atoms with Gasteiger partial charge in [-0.1, -0.05) is 26.7 Å². The van der Waals surface area contributed by atoms with Crippen molar-refractivity contribution in [2.45, 2.75) is 78.1 Å². The molecule has 0 bridgehead atoms. The van der Waals surface area contributed by atoms with Crippen LogP contribution in [0.1, 0.15) is 78.1 Å². The summed E-state index contributed by atoms with van der Waals surface area (Å²) in [5.41, 5.74) is 0. The van der Waals surface area contributed by atoms with Gasteiger partial charge in [0, 0.05) is 51.4 Å². The zero-order chi connectivity index (χ0) is 21.2. The van der Waals surface area contributed by atoms with Gasteiger partial charge in [-0.05, 0) is 38.0 Å². The second kappa shape index (κ2) is 11.9. The van der Waals surface area contributed by atoms with Gasteiger partial charge < -0.3 is 10.2 Å². The molecule has 1 N–H and O–H groups in total. The van der Waals surface area contributed by atoms with Gasteiger partial charge in [-0.3, -0.25) is 24.1 Å². The Balaban J connectivity index is 1.41. The molecule has 2 saturated heterocycles. The van der Waals surface area contributed by atoms with Gasteiger partial charge in [0.2, 0.25) is 23.6 Å². The number of imide groups is 1. The van der Waals surface area contributed by atoms with E-state index in [0.717, 1.165) is 58.0 Å². The van der Waals surface area contributed by atoms with Crippen molar-refractivity contribution in [1.29, 1.82) is 0 Å². The van der Waals surface area contributed by atoms with Crippen LogP contribution in [0.2, 0.25) is 0 Å². The molecule has 0 aromatic heterocycles. The molecule has 29 heavy (non-hydrogen) atoms. The third kappa shape index (κ3) is 7.78. The molecule has 0 aromatic carbocycles. The number of hydrogen-bond acceptors (Lipinski definition) is 4. The zero-order valence-corrected chi connectivity index (χ0v) is 18.1. The molecule has 2 atom stereocenters. The van der Waals surface area contributed by atoms with Crippen LogP contribution >= 0.6 is 0 Å². The number of unbranched alkanes of at least 4 members (excludes halogenated alkanes) is 4. The van der Waals surface area contributed by atoms with Gasteiger partial charge in [0.15, 0.2) is 0 Å². The van der Waals surface area contributed by atoms with Crippen LogP contribution in [0.3, 0.4) is 0 Å². The van der Waals surface area contributed by atoms with Crippen molar-refractivity contribution in [3.05, 3.63) is 0 Å². The molecule has 2 unspecified atom stereocenters. The van der Waals surface area contributed by atoms with Crippen molar-refractivity contribution < 1.29 is 19.2 Å². The molecular weight excluding hydrogens is 370 g/mol. The summed E-state index contributed by atoms with van der Waals surface area (Å²) < 4.78 is 0. The van der Waals surface area contributed by atoms with E-state index in [0.29, 0.717) is 38.3 Å². The highest BCUT2D eigenvalue weighted by atomic mass is 16.2. The Hall–Kier alpha value is -1.92. The lowest BCUT2D eigenvalue weighted by Crippen LogP contribution is -2.31. The van der Waals surface area contributed by atoms with E-state index in [9.17, 15) is 19.2 Å². The van der Waals surface area contributed by atoms with E-state index < -0.39 is 0 Å². The van der Waals surface area contributed by atoms with Crippen molar-refractivity contribution in [3.63, 3.8) is 0 Å². The van der Waals surface area contributed by atoms with Gasteiger partial charge in [-0.25, -0.2) is 0 Å². The Kier molecular flexibility index (Phi) is 9.61. The quantitative estimate of drug-likeness (QED) is 0.398. The minimum Gasteiger partial charge on any atom is -0.356 e. The van der Waals surface area contributed by atoms with Crippen molar-refractivity contribution in [2.75, 3.05) is 26.2 Å². The predicted molar refractivity (Wildman–Crippen MR) is 111 cm³/mol. The van der Waals surface area contributed by atoms with E-state index in [1.165, 1.54) is 4.90 Å². The molecular formula is C22H37N3O4. The van der Waals surface area contributed by atoms with Gasteiger partial charge in [0.25, 0.3) is 0 Å². The zero-order valence-electron chi connectivity index (χ0n) is 18.1. The van der Waals surface area contributed by atoms with Crippen LogP contribution in [-0.4, -0.2) is 59.6 Å². The normalized spacial score (nSPS) is 21.9. The molecule has 2 rings (SSSR count). The number of carbonyl (C=O) groups excluding carboxylic acids is 4. The first-order valence-corrected chi connectivity index (χ1v) is 11.3. The largest absolute Gasteiger partial charge is 0.356 e. The summed E-state index contributed by atoms with van der Waals surface area (Å²) in [4.78, 5) is 50.8. The van der Waals surface area contributed by atoms with E-state index in [-0.39, 0.29) is 29.5 Å². The third-order valence-corrected chi connectivity index (χ3v) is 5.92. The summed E-state index contributed by atoms with van der Waals surface area (Å²) in [7, 11) is 0. The van der Waals surface area contributed by atoms with Crippen LogP contribution < -0.4 is 5.32 Å². The summed E-state index contributed by atoms with van der Waals surface area (Å²) in [5, 5.41) is 2.93. The molecule has 2 aliphatic heterocycles. The molecule has 2 fully saturated rings. The van der Waals surface area contributed by atoms with E-state index in [1.54, 1.807) is 6.92 Å². The van der Waals surface area contributed by atoms with Gasteiger partial charge in [0.1, 0.15) is 0 Å². The third-order valence-electron chi connectivity index (χ3n) is 5.92. The molecule has 7 nitrogen and oxygen atoms in total. The summed E-state index contributed by atoms with van der Waals surface area (Å²) in [6.45, 7) is 6.90. The van der Waals surface area contributed by atoms with E-state index in [2.05, 4.69) is 12.2 Å². The maximum absolute atomic E-state index is 12.1. The molecule has 164 valence electrons. The van der Waals surface area contributed by atoms with Crippen LogP contribution in [0.4, 0.5) is 0 Å². The summed E-state index contributed by atoms with van der Waals surface area (Å²) in [6.07, 6.45) is 7.60. The number of amides is 4. The van der Waals surface area contributed by atoms with Crippen molar-refractivity contribution >= 4 is 23.6 Å². The summed E-state index contributed by atoms with van der Waals surface area (Å²) >= 11 is 0. The molecule has 0 saturated carbocycles. The predicted octanol–water partition coefficient (Wildman–Crippen LogP) is 2.49. The maximum Gasteiger partial charge on any atom is 0.232 e. The highest BCUT2D eigenvalue weighted by Crippen LogP contribution is 2.19. The Labute approximate surface area is 174 Å². The van der Waals surface area contributed by atoms with Crippen LogP contribution in [0.15, 0.2) is 0 Å². The highest BCUT2D eigenvalue weighted by molar-refractivity contribution is 6.03. The van der Waals surface area contributed by atoms with E-state index in [1.807, 2.05) is 4.90 Å². The van der Waals surface area contributed by atoms with Gasteiger partial charge in [-0.15, -0.1) is 0 Å². The van der Waals surface area contributed by atoms with Crippen LogP contribution in [-0.2, 0) is 19.2 Å². The van der Waals surface area contributed by atoms with Crippen molar-refractivity contribution in [2.24, 2.45) is 11.8 Å². The Bertz CT molecular complexity index is 593. The smallest absolute Gasteiger partial charge is 0.232 e. The van der Waals surface area contributed by atoms with Gasteiger partial charge in [0.05, 0.1) is 0 Å². The molecule has 0 aliphatic carbocycles. The summed E-state index contributed by atoms with van der Waals surface area (Å²) in [5.74, 6) is 0.624. The standard InChI is InChI=1S/C22H37N3O4/c1-17-11-14-24(16-17)20(27)10-6-3-7-12-23-19(26)9-5-4-8-13-25-21(28)15-18(2)22(25)29/h17-18H,3-16H2,1-2H3,(H,23,26). The first-order chi connectivity index (χ1) is 13.9. The average Bonchev–Trinajstić information content (AvgIpc) is 3.22. The molecule has 2 aliphatic rings. The van der Waals surface area contributed by atoms with Gasteiger partial charge >= 0.3 is 0 Å². The monoisotopic (exact) mass is 407 g/mol. The number of nitrogens with zero attached hydrogens (tertiary/aromatic N) is 2. The number of likely N-dealkylation sites (tertiary alicyclic amines) is 2. The molecule has 0 radical (unpaired) electrons. The number of rotatable bonds is 12. The number of nitrogens with one attached hydrogen (secondary N) is 1. The average molecular weight is 408 g/mol. The molecule has 7 heteroatoms. The summed E-state index contributed by atoms with van der Waals surface area (Å²) in [6, 6.07) is 0. The van der Waals surface area contributed by atoms with Gasteiger partial charge in [-0.2, -0.15) is 0 Å². The Morgan fingerprint density at radius 2 is 1.72 bits per heavy atom. The molecule has 4 amide bonds. The SMILES string of the molecule is CC1CCN(C(=O)CCCCCNC(=O)CCCCCN2C(=O)CC(C)C2=O)C1. The lowest BCUT2D eigenvalue weighted by Gasteiger charge is -2.15. The fraction of sp³-hybridized carbons (Fsp3) is 0.818. The van der Waals surface area contributed by atoms with Crippen molar-refractivity contribution in [3.8, 4) is 0 Å². The highest BCUT2D eigenvalue weighted by Gasteiger charge is 2.34. The number of carbonyl (C=O) groups is 4. The minimum absolute atomic E-state index is 0.0501. The Morgan fingerprint density at radius 3 is 2.38 bits per heavy atom. The first kappa shape index (κ1) is 23.4. The second-order valence-corrected chi connectivity index (χ2v) is 8.69. The van der Waals surface area contributed by atoms with Crippen LogP contribution in [0, 0.1) is 11.8 Å². The lowest BCUT2D eigenvalue weighted by molar-refractivity contribution is -0.139. The van der Waals surface area contributed by atoms with Crippen molar-refractivity contribution in [1.82, 2.24) is 15.1 Å². The number of hydrogen-bond donors (Lipinski definition) is 1. The van der Waals surface area contributed by atoms with Crippen LogP contribution in [0.5, 0.6) is 0 Å². The fourth-order valence-corrected chi connectivity index (χ4v) is 4.03. The molecule has 0 aromatic rings. The van der Waals surface area contributed by atoms with E-state index in [4.69, 9.17) is 0 Å². The Morgan fingerprint density at radius 1 is 1.00 bits per heavy atom. The first-order valence-electron chi connectivity index (χ1n) is 11.3. The fourth-order valence-electron chi connectivity index (χ4n) is 4.03. The molecule has 0 spiro atoms. The second-order valence-electron chi connectivity index (χ2n) is 8.69. The molecule has 2 heterocycles. The van der Waals surface area contributed by atoms with E-state index >= 15 is 0 Å². The topological polar surface area (TPSA) is 86.8 Å². The van der Waals surface area contributed by atoms with Crippen LogP contribution in [0.25, 0.3) is 0 Å². The maximum atomic E-state index is 12.1. The minimum atomic E-state index is -0.185. The lowest BCUT2D eigenvalue weighted by atomic mass is 10.1.